The molecule has 0 bridgehead atoms. The fourth-order valence-electron chi connectivity index (χ4n) is 5.60. The largest absolute Gasteiger partial charge is 0.507 e. The first-order valence-corrected chi connectivity index (χ1v) is 17.1. The minimum atomic E-state index is -0.0213. The minimum Gasteiger partial charge on any atom is -0.507 e. The Balaban J connectivity index is 1.77. The Labute approximate surface area is 270 Å². The quantitative estimate of drug-likeness (QED) is 0.101. The van der Waals surface area contributed by atoms with Gasteiger partial charge in [-0.15, -0.1) is 0 Å². The summed E-state index contributed by atoms with van der Waals surface area (Å²) >= 11 is 0. The molecule has 3 aromatic rings. The number of unbranched alkanes of at least 4 members (excludes halogenated alkanes) is 12. The van der Waals surface area contributed by atoms with Gasteiger partial charge in [-0.1, -0.05) is 104 Å². The van der Waals surface area contributed by atoms with Crippen LogP contribution >= 0.6 is 0 Å². The molecule has 1 aromatic heterocycles. The fourth-order valence-corrected chi connectivity index (χ4v) is 5.60. The van der Waals surface area contributed by atoms with Gasteiger partial charge >= 0.3 is 6.01 Å². The van der Waals surface area contributed by atoms with Crippen LogP contribution in [0.3, 0.4) is 0 Å². The van der Waals surface area contributed by atoms with Gasteiger partial charge in [-0.25, -0.2) is 4.98 Å². The number of nitrogens with zero attached hydrogens (tertiary/aromatic N) is 3. The van der Waals surface area contributed by atoms with Crippen LogP contribution in [-0.2, 0) is 0 Å². The number of hydrogen-bond acceptors (Lipinski definition) is 8. The lowest BCUT2D eigenvalue weighted by Crippen LogP contribution is -2.14. The highest BCUT2D eigenvalue weighted by Crippen LogP contribution is 2.35. The van der Waals surface area contributed by atoms with Crippen molar-refractivity contribution in [3.05, 3.63) is 36.4 Å². The van der Waals surface area contributed by atoms with Gasteiger partial charge in [-0.3, -0.25) is 0 Å². The molecule has 0 saturated carbocycles. The van der Waals surface area contributed by atoms with Gasteiger partial charge in [0.2, 0.25) is 0 Å². The summed E-state index contributed by atoms with van der Waals surface area (Å²) in [6.07, 6.45) is 20.2. The highest BCUT2D eigenvalue weighted by molar-refractivity contribution is 5.70. The van der Waals surface area contributed by atoms with Crippen molar-refractivity contribution in [3.63, 3.8) is 0 Å². The first-order chi connectivity index (χ1) is 22.0. The van der Waals surface area contributed by atoms with Crippen LogP contribution in [0.5, 0.6) is 29.0 Å². The van der Waals surface area contributed by atoms with Crippen molar-refractivity contribution in [2.24, 2.45) is 5.92 Å². The lowest BCUT2D eigenvalue weighted by molar-refractivity contribution is 0.209. The van der Waals surface area contributed by atoms with E-state index in [0.29, 0.717) is 35.2 Å². The fraction of sp³-hybridized carbons (Fsp3) is 0.595. The Kier molecular flexibility index (Phi) is 16.3. The summed E-state index contributed by atoms with van der Waals surface area (Å²) in [4.78, 5) is 13.8. The third-order valence-corrected chi connectivity index (χ3v) is 8.39. The van der Waals surface area contributed by atoms with Crippen LogP contribution in [0.2, 0.25) is 0 Å². The van der Waals surface area contributed by atoms with Crippen LogP contribution in [0.1, 0.15) is 117 Å². The van der Waals surface area contributed by atoms with Crippen LogP contribution in [0, 0.1) is 5.92 Å². The van der Waals surface area contributed by atoms with Crippen molar-refractivity contribution < 1.29 is 24.4 Å². The number of phenolic OH excluding ortho intramolecular Hbond substituents is 2. The topological polar surface area (TPSA) is 107 Å². The first kappa shape index (κ1) is 35.9. The molecular weight excluding hydrogens is 566 g/mol. The molecule has 1 heterocycles. The maximum atomic E-state index is 10.8. The van der Waals surface area contributed by atoms with Crippen LogP contribution in [-0.4, -0.2) is 46.0 Å². The van der Waals surface area contributed by atoms with Crippen molar-refractivity contribution in [1.29, 1.82) is 0 Å². The second kappa shape index (κ2) is 20.5. The first-order valence-electron chi connectivity index (χ1n) is 17.1. The molecule has 8 heteroatoms. The summed E-state index contributed by atoms with van der Waals surface area (Å²) in [5.41, 5.74) is 0.833. The number of phenols is 2. The van der Waals surface area contributed by atoms with E-state index in [1.54, 1.807) is 38.5 Å². The highest BCUT2D eigenvalue weighted by atomic mass is 16.5. The second-order valence-electron chi connectivity index (χ2n) is 12.0. The molecule has 3 rings (SSSR count). The molecular formula is C37H55N3O5. The number of benzene rings is 2. The van der Waals surface area contributed by atoms with Crippen LogP contribution in [0.15, 0.2) is 36.4 Å². The van der Waals surface area contributed by atoms with Crippen molar-refractivity contribution in [2.75, 3.05) is 20.8 Å². The third kappa shape index (κ3) is 12.4. The molecule has 0 radical (unpaired) electrons. The Morgan fingerprint density at radius 3 is 1.40 bits per heavy atom. The molecule has 0 aliphatic carbocycles. The molecule has 248 valence electrons. The predicted molar refractivity (Wildman–Crippen MR) is 181 cm³/mol. The van der Waals surface area contributed by atoms with E-state index in [1.165, 1.54) is 102 Å². The predicted octanol–water partition coefficient (Wildman–Crippen LogP) is 9.91. The van der Waals surface area contributed by atoms with Crippen LogP contribution in [0.25, 0.3) is 22.8 Å². The lowest BCUT2D eigenvalue weighted by Gasteiger charge is -2.18. The molecule has 45 heavy (non-hydrogen) atoms. The number of aromatic hydroxyl groups is 2. The van der Waals surface area contributed by atoms with Crippen LogP contribution < -0.4 is 14.2 Å². The van der Waals surface area contributed by atoms with Gasteiger partial charge in [0.15, 0.2) is 11.6 Å². The Hall–Kier alpha value is -3.55. The number of rotatable bonds is 23. The molecule has 0 spiro atoms. The van der Waals surface area contributed by atoms with E-state index in [2.05, 4.69) is 28.8 Å². The molecule has 0 saturated heterocycles. The van der Waals surface area contributed by atoms with E-state index in [4.69, 9.17) is 14.2 Å². The number of hydrogen-bond donors (Lipinski definition) is 2. The zero-order valence-electron chi connectivity index (χ0n) is 28.0. The van der Waals surface area contributed by atoms with Gasteiger partial charge in [0.05, 0.1) is 32.0 Å². The third-order valence-electron chi connectivity index (χ3n) is 8.39. The van der Waals surface area contributed by atoms with E-state index < -0.39 is 0 Å². The molecule has 0 amide bonds. The molecule has 2 aromatic carbocycles. The molecule has 8 nitrogen and oxygen atoms in total. The summed E-state index contributed by atoms with van der Waals surface area (Å²) < 4.78 is 16.8. The maximum Gasteiger partial charge on any atom is 0.320 e. The van der Waals surface area contributed by atoms with Gasteiger partial charge in [-0.05, 0) is 43.0 Å². The van der Waals surface area contributed by atoms with Crippen molar-refractivity contribution in [3.8, 4) is 51.8 Å². The Bertz CT molecular complexity index is 1200. The monoisotopic (exact) mass is 621 g/mol. The van der Waals surface area contributed by atoms with E-state index >= 15 is 0 Å². The standard InChI is InChI=1S/C37H55N3O5/c1-5-7-9-11-13-14-16-18-20-28(19-17-15-12-10-8-6-2)27-45-37-39-35(31-23-21-29(43-3)25-33(31)41)38-36(40-37)32-24-22-30(44-4)26-34(32)42/h21-26,28,41-42H,5-20,27H2,1-4H3. The zero-order valence-corrected chi connectivity index (χ0v) is 28.0. The van der Waals surface area contributed by atoms with Gasteiger partial charge in [0, 0.05) is 12.1 Å². The summed E-state index contributed by atoms with van der Waals surface area (Å²) in [5, 5.41) is 21.5. The van der Waals surface area contributed by atoms with Gasteiger partial charge < -0.3 is 24.4 Å². The molecule has 0 aliphatic heterocycles. The molecule has 1 atom stereocenters. The van der Waals surface area contributed by atoms with Gasteiger partial charge in [0.25, 0.3) is 0 Å². The number of methoxy groups -OCH3 is 2. The van der Waals surface area contributed by atoms with E-state index in [9.17, 15) is 10.2 Å². The smallest absolute Gasteiger partial charge is 0.320 e. The minimum absolute atomic E-state index is 0.0213. The van der Waals surface area contributed by atoms with Crippen molar-refractivity contribution in [1.82, 2.24) is 15.0 Å². The van der Waals surface area contributed by atoms with Crippen molar-refractivity contribution >= 4 is 0 Å². The lowest BCUT2D eigenvalue weighted by atomic mass is 9.94. The average molecular weight is 622 g/mol. The van der Waals surface area contributed by atoms with E-state index in [1.807, 2.05) is 0 Å². The normalized spacial score (nSPS) is 11.8. The maximum absolute atomic E-state index is 10.8. The molecule has 0 aliphatic rings. The van der Waals surface area contributed by atoms with Crippen molar-refractivity contribution in [2.45, 2.75) is 117 Å². The molecule has 0 fully saturated rings. The summed E-state index contributed by atoms with van der Waals surface area (Å²) in [7, 11) is 3.09. The second-order valence-corrected chi connectivity index (χ2v) is 12.0. The summed E-state index contributed by atoms with van der Waals surface area (Å²) in [5.74, 6) is 1.91. The Morgan fingerprint density at radius 1 is 0.578 bits per heavy atom. The van der Waals surface area contributed by atoms with E-state index in [0.717, 1.165) is 12.8 Å². The van der Waals surface area contributed by atoms with Crippen LogP contribution in [0.4, 0.5) is 0 Å². The van der Waals surface area contributed by atoms with Gasteiger partial charge in [-0.2, -0.15) is 9.97 Å². The van der Waals surface area contributed by atoms with Gasteiger partial charge in [0.1, 0.15) is 23.0 Å². The molecule has 1 unspecified atom stereocenters. The summed E-state index contributed by atoms with van der Waals surface area (Å²) in [6, 6.07) is 10.1. The zero-order chi connectivity index (χ0) is 32.3. The molecule has 2 N–H and O–H groups in total. The average Bonchev–Trinajstić information content (AvgIpc) is 3.05. The number of ether oxygens (including phenoxy) is 3. The van der Waals surface area contributed by atoms with E-state index in [-0.39, 0.29) is 29.2 Å². The number of aromatic nitrogens is 3. The SMILES string of the molecule is CCCCCCCCCCC(CCCCCCCC)COc1nc(-c2ccc(OC)cc2O)nc(-c2ccc(OC)cc2O)n1. The highest BCUT2D eigenvalue weighted by Gasteiger charge is 2.19. The Morgan fingerprint density at radius 2 is 1.00 bits per heavy atom. The summed E-state index contributed by atoms with van der Waals surface area (Å²) in [6.45, 7) is 5.02.